The van der Waals surface area contributed by atoms with Crippen LogP contribution in [-0.2, 0) is 28.7 Å². The van der Waals surface area contributed by atoms with Crippen LogP contribution in [0.25, 0.3) is 0 Å². The van der Waals surface area contributed by atoms with Crippen molar-refractivity contribution in [1.82, 2.24) is 0 Å². The van der Waals surface area contributed by atoms with Crippen molar-refractivity contribution in [3.63, 3.8) is 0 Å². The highest BCUT2D eigenvalue weighted by molar-refractivity contribution is 6.00. The molecule has 29 heavy (non-hydrogen) atoms. The number of rotatable bonds is 9. The third-order valence-electron chi connectivity index (χ3n) is 5.84. The molecule has 2 rings (SSSR count). The van der Waals surface area contributed by atoms with Crippen molar-refractivity contribution >= 4 is 23.9 Å². The fraction of sp³-hybridized carbons (Fsp3) is 0.714. The molecule has 2 N–H and O–H groups in total. The number of ether oxygens (including phenoxy) is 2. The van der Waals surface area contributed by atoms with Gasteiger partial charge in [0.25, 0.3) is 0 Å². The summed E-state index contributed by atoms with van der Waals surface area (Å²) in [5, 5.41) is 19.2. The maximum atomic E-state index is 12.5. The minimum atomic E-state index is -2.30. The molecule has 0 saturated heterocycles. The van der Waals surface area contributed by atoms with Gasteiger partial charge in [0.2, 0.25) is 0 Å². The van der Waals surface area contributed by atoms with Gasteiger partial charge in [-0.2, -0.15) is 0 Å². The van der Waals surface area contributed by atoms with E-state index >= 15 is 0 Å². The molecule has 0 spiro atoms. The standard InChI is InChI=1S/C21H30O8/c1-14(19(24)25)21(20(26)27,12-17(22)28-15-8-4-2-5-9-15)13-18(23)29-16-10-6-3-7-11-16/h15-16H,1-13H2,(H,24,25)(H,26,27). The molecule has 8 heteroatoms. The number of hydrogen-bond donors (Lipinski definition) is 2. The Hall–Kier alpha value is -2.38. The molecule has 0 aliphatic heterocycles. The van der Waals surface area contributed by atoms with Crippen LogP contribution in [0.5, 0.6) is 0 Å². The summed E-state index contributed by atoms with van der Waals surface area (Å²) >= 11 is 0. The molecule has 0 amide bonds. The van der Waals surface area contributed by atoms with Gasteiger partial charge in [-0.3, -0.25) is 14.4 Å². The zero-order valence-corrected chi connectivity index (χ0v) is 16.7. The summed E-state index contributed by atoms with van der Waals surface area (Å²) < 4.78 is 10.7. The van der Waals surface area contributed by atoms with Crippen molar-refractivity contribution in [1.29, 1.82) is 0 Å². The average molecular weight is 410 g/mol. The molecule has 2 saturated carbocycles. The van der Waals surface area contributed by atoms with E-state index in [2.05, 4.69) is 6.58 Å². The number of carbonyl (C=O) groups excluding carboxylic acids is 2. The lowest BCUT2D eigenvalue weighted by Crippen LogP contribution is -2.41. The largest absolute Gasteiger partial charge is 0.481 e. The lowest BCUT2D eigenvalue weighted by Gasteiger charge is -2.30. The fourth-order valence-corrected chi connectivity index (χ4v) is 4.07. The topological polar surface area (TPSA) is 127 Å². The fourth-order valence-electron chi connectivity index (χ4n) is 4.07. The molecule has 0 aromatic heterocycles. The van der Waals surface area contributed by atoms with E-state index in [0.717, 1.165) is 38.5 Å². The molecule has 2 aliphatic carbocycles. The van der Waals surface area contributed by atoms with Gasteiger partial charge in [0, 0.05) is 5.57 Å². The van der Waals surface area contributed by atoms with Gasteiger partial charge in [0.05, 0.1) is 12.8 Å². The number of esters is 2. The van der Waals surface area contributed by atoms with Gasteiger partial charge in [-0.25, -0.2) is 4.79 Å². The maximum absolute atomic E-state index is 12.5. The van der Waals surface area contributed by atoms with Crippen LogP contribution in [0.15, 0.2) is 12.2 Å². The van der Waals surface area contributed by atoms with E-state index in [4.69, 9.17) is 9.47 Å². The zero-order chi connectivity index (χ0) is 21.4. The second-order valence-electron chi connectivity index (χ2n) is 8.02. The summed E-state index contributed by atoms with van der Waals surface area (Å²) in [6.45, 7) is 3.35. The Bertz CT molecular complexity index is 607. The summed E-state index contributed by atoms with van der Waals surface area (Å²) in [6.07, 6.45) is 6.35. The molecule has 0 radical (unpaired) electrons. The van der Waals surface area contributed by atoms with Gasteiger partial charge in [-0.15, -0.1) is 0 Å². The van der Waals surface area contributed by atoms with E-state index in [1.807, 2.05) is 0 Å². The van der Waals surface area contributed by atoms with E-state index < -0.39 is 47.7 Å². The number of carboxylic acid groups (broad SMARTS) is 2. The van der Waals surface area contributed by atoms with Gasteiger partial charge < -0.3 is 19.7 Å². The molecule has 2 fully saturated rings. The first-order valence-electron chi connectivity index (χ1n) is 10.3. The highest BCUT2D eigenvalue weighted by atomic mass is 16.5. The first-order chi connectivity index (χ1) is 13.7. The second kappa shape index (κ2) is 10.4. The molecule has 0 atom stereocenters. The van der Waals surface area contributed by atoms with Gasteiger partial charge in [-0.05, 0) is 51.4 Å². The van der Waals surface area contributed by atoms with Gasteiger partial charge in [0.1, 0.15) is 17.6 Å². The SMILES string of the molecule is C=C(C(=O)O)C(CC(=O)OC1CCCCC1)(CC(=O)OC1CCCCC1)C(=O)O. The monoisotopic (exact) mass is 410 g/mol. The van der Waals surface area contributed by atoms with Crippen molar-refractivity contribution in [3.8, 4) is 0 Å². The maximum Gasteiger partial charge on any atom is 0.332 e. The Morgan fingerprint density at radius 2 is 1.14 bits per heavy atom. The van der Waals surface area contributed by atoms with E-state index in [1.165, 1.54) is 0 Å². The van der Waals surface area contributed by atoms with Crippen LogP contribution in [-0.4, -0.2) is 46.3 Å². The minimum Gasteiger partial charge on any atom is -0.481 e. The van der Waals surface area contributed by atoms with Crippen molar-refractivity contribution in [2.75, 3.05) is 0 Å². The molecule has 2 aliphatic rings. The molecule has 0 aromatic rings. The predicted octanol–water partition coefficient (Wildman–Crippen LogP) is 3.23. The molecule has 8 nitrogen and oxygen atoms in total. The first-order valence-corrected chi connectivity index (χ1v) is 10.3. The smallest absolute Gasteiger partial charge is 0.332 e. The van der Waals surface area contributed by atoms with E-state index in [-0.39, 0.29) is 12.2 Å². The first kappa shape index (κ1) is 22.9. The summed E-state index contributed by atoms with van der Waals surface area (Å²) in [7, 11) is 0. The van der Waals surface area contributed by atoms with Crippen molar-refractivity contribution < 1.29 is 38.9 Å². The Kier molecular flexibility index (Phi) is 8.22. The number of aliphatic carboxylic acids is 2. The van der Waals surface area contributed by atoms with E-state index in [0.29, 0.717) is 25.7 Å². The minimum absolute atomic E-state index is 0.310. The second-order valence-corrected chi connectivity index (χ2v) is 8.02. The van der Waals surface area contributed by atoms with E-state index in [1.54, 1.807) is 0 Å². The molecular weight excluding hydrogens is 380 g/mol. The number of carbonyl (C=O) groups is 4. The van der Waals surface area contributed by atoms with Crippen molar-refractivity contribution in [2.45, 2.75) is 89.3 Å². The summed E-state index contributed by atoms with van der Waals surface area (Å²) in [4.78, 5) is 48.5. The van der Waals surface area contributed by atoms with Gasteiger partial charge in [-0.1, -0.05) is 19.4 Å². The molecule has 0 aromatic carbocycles. The van der Waals surface area contributed by atoms with Crippen LogP contribution in [0.4, 0.5) is 0 Å². The summed E-state index contributed by atoms with van der Waals surface area (Å²) in [6, 6.07) is 0. The molecule has 0 unspecified atom stereocenters. The lowest BCUT2D eigenvalue weighted by molar-refractivity contribution is -0.166. The normalized spacial score (nSPS) is 18.6. The molecular formula is C21H30O8. The Balaban J connectivity index is 2.13. The average Bonchev–Trinajstić information content (AvgIpc) is 2.68. The lowest BCUT2D eigenvalue weighted by atomic mass is 9.74. The van der Waals surface area contributed by atoms with Crippen LogP contribution in [0, 0.1) is 5.41 Å². The highest BCUT2D eigenvalue weighted by Gasteiger charge is 2.49. The number of hydrogen-bond acceptors (Lipinski definition) is 6. The molecule has 0 bridgehead atoms. The third-order valence-corrected chi connectivity index (χ3v) is 5.84. The Labute approximate surface area is 170 Å². The van der Waals surface area contributed by atoms with Crippen LogP contribution in [0.3, 0.4) is 0 Å². The van der Waals surface area contributed by atoms with Gasteiger partial charge >= 0.3 is 23.9 Å². The Morgan fingerprint density at radius 1 is 0.759 bits per heavy atom. The molecule has 162 valence electrons. The van der Waals surface area contributed by atoms with E-state index in [9.17, 15) is 29.4 Å². The molecule has 0 heterocycles. The van der Waals surface area contributed by atoms with Crippen LogP contribution < -0.4 is 0 Å². The van der Waals surface area contributed by atoms with Gasteiger partial charge in [0.15, 0.2) is 0 Å². The zero-order valence-electron chi connectivity index (χ0n) is 16.7. The Morgan fingerprint density at radius 3 is 1.45 bits per heavy atom. The quantitative estimate of drug-likeness (QED) is 0.438. The third kappa shape index (κ3) is 6.30. The van der Waals surface area contributed by atoms with Crippen LogP contribution in [0.2, 0.25) is 0 Å². The van der Waals surface area contributed by atoms with Crippen LogP contribution in [0.1, 0.15) is 77.0 Å². The van der Waals surface area contributed by atoms with Crippen molar-refractivity contribution in [2.24, 2.45) is 5.41 Å². The number of carboxylic acids is 2. The predicted molar refractivity (Wildman–Crippen MR) is 102 cm³/mol. The van der Waals surface area contributed by atoms with Crippen LogP contribution >= 0.6 is 0 Å². The van der Waals surface area contributed by atoms with Crippen molar-refractivity contribution in [3.05, 3.63) is 12.2 Å². The highest BCUT2D eigenvalue weighted by Crippen LogP contribution is 2.37. The summed E-state index contributed by atoms with van der Waals surface area (Å²) in [5.74, 6) is -4.87. The summed E-state index contributed by atoms with van der Waals surface area (Å²) in [5.41, 5.74) is -3.03.